The molecule has 3 aromatic rings. The lowest BCUT2D eigenvalue weighted by Crippen LogP contribution is -2.02. The van der Waals surface area contributed by atoms with Crippen molar-refractivity contribution < 1.29 is 4.74 Å². The minimum absolute atomic E-state index is 0.207. The summed E-state index contributed by atoms with van der Waals surface area (Å²) in [6, 6.07) is 7.47. The number of benzene rings is 1. The number of nitrogens with zero attached hydrogens (tertiary/aromatic N) is 5. The number of hydrogen-bond acceptors (Lipinski definition) is 6. The van der Waals surface area contributed by atoms with Crippen LogP contribution in [0, 0.1) is 0 Å². The zero-order chi connectivity index (χ0) is 14.8. The van der Waals surface area contributed by atoms with E-state index in [2.05, 4.69) is 20.1 Å². The summed E-state index contributed by atoms with van der Waals surface area (Å²) in [5.74, 6) is 0.946. The molecular formula is C13H11ClN6O. The first kappa shape index (κ1) is 13.3. The van der Waals surface area contributed by atoms with Crippen molar-refractivity contribution in [2.75, 3.05) is 12.8 Å². The molecule has 7 nitrogen and oxygen atoms in total. The SMILES string of the molecule is COc1ncc(Cl)c(-n2cnc(-c3ccc(N)cc3)n2)n1. The highest BCUT2D eigenvalue weighted by Crippen LogP contribution is 2.21. The molecule has 0 bridgehead atoms. The summed E-state index contributed by atoms with van der Waals surface area (Å²) in [6.45, 7) is 0. The van der Waals surface area contributed by atoms with Crippen LogP contribution in [0.25, 0.3) is 17.2 Å². The maximum Gasteiger partial charge on any atom is 0.318 e. The highest BCUT2D eigenvalue weighted by Gasteiger charge is 2.11. The average molecular weight is 303 g/mol. The molecule has 2 N–H and O–H groups in total. The first-order chi connectivity index (χ1) is 10.2. The maximum atomic E-state index is 6.08. The van der Waals surface area contributed by atoms with Gasteiger partial charge in [-0.05, 0) is 24.3 Å². The molecular weight excluding hydrogens is 292 g/mol. The number of hydrogen-bond donors (Lipinski definition) is 1. The Morgan fingerprint density at radius 2 is 1.95 bits per heavy atom. The summed E-state index contributed by atoms with van der Waals surface area (Å²) in [5.41, 5.74) is 7.19. The molecule has 1 aromatic carbocycles. The van der Waals surface area contributed by atoms with E-state index < -0.39 is 0 Å². The van der Waals surface area contributed by atoms with Gasteiger partial charge in [0, 0.05) is 11.3 Å². The molecule has 0 aliphatic carbocycles. The van der Waals surface area contributed by atoms with Crippen LogP contribution in [-0.4, -0.2) is 31.8 Å². The Bertz CT molecular complexity index is 771. The predicted octanol–water partition coefficient (Wildman–Crippen LogP) is 1.97. The second-order valence-electron chi connectivity index (χ2n) is 4.16. The first-order valence-electron chi connectivity index (χ1n) is 6.02. The molecule has 0 fully saturated rings. The first-order valence-corrected chi connectivity index (χ1v) is 6.39. The predicted molar refractivity (Wildman–Crippen MR) is 78.4 cm³/mol. The molecule has 0 amide bonds. The highest BCUT2D eigenvalue weighted by molar-refractivity contribution is 6.32. The van der Waals surface area contributed by atoms with Gasteiger partial charge in [0.2, 0.25) is 0 Å². The van der Waals surface area contributed by atoms with Crippen LogP contribution in [0.5, 0.6) is 6.01 Å². The van der Waals surface area contributed by atoms with Crippen molar-refractivity contribution in [2.45, 2.75) is 0 Å². The number of ether oxygens (including phenoxy) is 1. The summed E-state index contributed by atoms with van der Waals surface area (Å²) in [6.07, 6.45) is 2.98. The number of halogens is 1. The third-order valence-electron chi connectivity index (χ3n) is 2.76. The van der Waals surface area contributed by atoms with E-state index in [9.17, 15) is 0 Å². The summed E-state index contributed by atoms with van der Waals surface area (Å²) >= 11 is 6.08. The van der Waals surface area contributed by atoms with Crippen molar-refractivity contribution in [3.8, 4) is 23.2 Å². The van der Waals surface area contributed by atoms with Crippen molar-refractivity contribution in [1.82, 2.24) is 24.7 Å². The van der Waals surface area contributed by atoms with E-state index in [1.54, 1.807) is 12.1 Å². The number of methoxy groups -OCH3 is 1. The van der Waals surface area contributed by atoms with Gasteiger partial charge in [-0.15, -0.1) is 5.10 Å². The average Bonchev–Trinajstić information content (AvgIpc) is 2.98. The lowest BCUT2D eigenvalue weighted by Gasteiger charge is -2.03. The molecule has 2 heterocycles. The number of nitrogens with two attached hydrogens (primary N) is 1. The fourth-order valence-electron chi connectivity index (χ4n) is 1.73. The zero-order valence-corrected chi connectivity index (χ0v) is 11.8. The van der Waals surface area contributed by atoms with Crippen molar-refractivity contribution >= 4 is 17.3 Å². The minimum Gasteiger partial charge on any atom is -0.467 e. The van der Waals surface area contributed by atoms with Gasteiger partial charge >= 0.3 is 6.01 Å². The van der Waals surface area contributed by atoms with Crippen LogP contribution in [0.15, 0.2) is 36.8 Å². The molecule has 0 aliphatic rings. The third-order valence-corrected chi connectivity index (χ3v) is 3.03. The van der Waals surface area contributed by atoms with Gasteiger partial charge in [0.1, 0.15) is 11.3 Å². The monoisotopic (exact) mass is 302 g/mol. The molecule has 0 spiro atoms. The Morgan fingerprint density at radius 1 is 1.19 bits per heavy atom. The summed E-state index contributed by atoms with van der Waals surface area (Å²) in [5, 5.41) is 4.70. The second-order valence-corrected chi connectivity index (χ2v) is 4.57. The molecule has 0 atom stereocenters. The second kappa shape index (κ2) is 5.37. The normalized spacial score (nSPS) is 10.6. The molecule has 8 heteroatoms. The van der Waals surface area contributed by atoms with Crippen molar-refractivity contribution in [3.63, 3.8) is 0 Å². The lowest BCUT2D eigenvalue weighted by atomic mass is 10.2. The smallest absolute Gasteiger partial charge is 0.318 e. The quantitative estimate of drug-likeness (QED) is 0.744. The Labute approximate surface area is 125 Å². The largest absolute Gasteiger partial charge is 0.467 e. The van der Waals surface area contributed by atoms with Crippen LogP contribution in [-0.2, 0) is 0 Å². The van der Waals surface area contributed by atoms with Crippen LogP contribution in [0.2, 0.25) is 5.02 Å². The zero-order valence-electron chi connectivity index (χ0n) is 11.1. The van der Waals surface area contributed by atoms with E-state index in [1.165, 1.54) is 24.3 Å². The molecule has 2 aromatic heterocycles. The van der Waals surface area contributed by atoms with E-state index in [0.29, 0.717) is 22.4 Å². The molecule has 0 saturated carbocycles. The van der Waals surface area contributed by atoms with E-state index >= 15 is 0 Å². The van der Waals surface area contributed by atoms with Crippen molar-refractivity contribution in [2.24, 2.45) is 0 Å². The van der Waals surface area contributed by atoms with Crippen LogP contribution < -0.4 is 10.5 Å². The van der Waals surface area contributed by atoms with Gasteiger partial charge in [0.05, 0.1) is 13.3 Å². The summed E-state index contributed by atoms with van der Waals surface area (Å²) in [7, 11) is 1.48. The van der Waals surface area contributed by atoms with Crippen molar-refractivity contribution in [3.05, 3.63) is 41.8 Å². The van der Waals surface area contributed by atoms with Gasteiger partial charge in [-0.3, -0.25) is 0 Å². The molecule has 0 aliphatic heterocycles. The Balaban J connectivity index is 2.00. The van der Waals surface area contributed by atoms with Gasteiger partial charge in [0.25, 0.3) is 0 Å². The van der Waals surface area contributed by atoms with Crippen LogP contribution in [0.3, 0.4) is 0 Å². The van der Waals surface area contributed by atoms with E-state index in [4.69, 9.17) is 22.1 Å². The molecule has 0 radical (unpaired) electrons. The van der Waals surface area contributed by atoms with E-state index in [1.807, 2.05) is 12.1 Å². The number of rotatable bonds is 3. The lowest BCUT2D eigenvalue weighted by molar-refractivity contribution is 0.379. The molecule has 21 heavy (non-hydrogen) atoms. The maximum absolute atomic E-state index is 6.08. The van der Waals surface area contributed by atoms with Crippen LogP contribution in [0.1, 0.15) is 0 Å². The Hall–Kier alpha value is -2.67. The van der Waals surface area contributed by atoms with Crippen LogP contribution in [0.4, 0.5) is 5.69 Å². The standard InChI is InChI=1S/C13H11ClN6O/c1-21-13-16-6-10(14)12(18-13)20-7-17-11(19-20)8-2-4-9(15)5-3-8/h2-7H,15H2,1H3. The highest BCUT2D eigenvalue weighted by atomic mass is 35.5. The fraction of sp³-hybridized carbons (Fsp3) is 0.0769. The van der Waals surface area contributed by atoms with Gasteiger partial charge in [-0.1, -0.05) is 11.6 Å². The molecule has 0 saturated heterocycles. The van der Waals surface area contributed by atoms with Crippen molar-refractivity contribution in [1.29, 1.82) is 0 Å². The number of aromatic nitrogens is 5. The number of nitrogen functional groups attached to an aromatic ring is 1. The summed E-state index contributed by atoms with van der Waals surface area (Å²) in [4.78, 5) is 12.3. The third kappa shape index (κ3) is 2.63. The van der Waals surface area contributed by atoms with Gasteiger partial charge in [0.15, 0.2) is 11.6 Å². The van der Waals surface area contributed by atoms with Crippen LogP contribution >= 0.6 is 11.6 Å². The topological polar surface area (TPSA) is 91.7 Å². The number of anilines is 1. The fourth-order valence-corrected chi connectivity index (χ4v) is 1.91. The summed E-state index contributed by atoms with van der Waals surface area (Å²) < 4.78 is 6.45. The van der Waals surface area contributed by atoms with Gasteiger partial charge < -0.3 is 10.5 Å². The van der Waals surface area contributed by atoms with Gasteiger partial charge in [-0.2, -0.15) is 4.98 Å². The Kier molecular flexibility index (Phi) is 3.41. The molecule has 3 rings (SSSR count). The van der Waals surface area contributed by atoms with E-state index in [-0.39, 0.29) is 6.01 Å². The van der Waals surface area contributed by atoms with E-state index in [0.717, 1.165) is 5.56 Å². The minimum atomic E-state index is 0.207. The molecule has 0 unspecified atom stereocenters. The van der Waals surface area contributed by atoms with Gasteiger partial charge in [-0.25, -0.2) is 14.6 Å². The Morgan fingerprint density at radius 3 is 2.67 bits per heavy atom. The molecule has 106 valence electrons.